The molecule has 0 saturated heterocycles. The SMILES string of the molecule is COCCO[Si](C)(C)[C-]([Si](C)(C)OCCOC)[Si](C)(C)OCCOC.[Na+]. The average Bonchev–Trinajstić information content (AvgIpc) is 2.46. The van der Waals surface area contributed by atoms with Gasteiger partial charge in [-0.25, -0.2) is 4.79 Å². The molecule has 0 bridgehead atoms. The van der Waals surface area contributed by atoms with Gasteiger partial charge in [0, 0.05) is 46.3 Å². The van der Waals surface area contributed by atoms with Crippen LogP contribution in [-0.4, -0.2) is 85.9 Å². The quantitative estimate of drug-likeness (QED) is 0.202. The van der Waals surface area contributed by atoms with Crippen molar-refractivity contribution >= 4 is 25.0 Å². The minimum Gasteiger partial charge on any atom is -0.446 e. The molecule has 0 atom stereocenters. The Bertz CT molecular complexity index is 307. The van der Waals surface area contributed by atoms with Crippen LogP contribution < -0.4 is 29.6 Å². The van der Waals surface area contributed by atoms with Crippen molar-refractivity contribution in [2.75, 3.05) is 61.0 Å². The molecule has 0 aliphatic heterocycles. The first-order valence-corrected chi connectivity index (χ1v) is 17.5. The van der Waals surface area contributed by atoms with E-state index in [9.17, 15) is 0 Å². The first-order valence-electron chi connectivity index (χ1n) is 8.82. The first kappa shape index (κ1) is 29.6. The van der Waals surface area contributed by atoms with Gasteiger partial charge in [0.15, 0.2) is 0 Å². The van der Waals surface area contributed by atoms with Crippen LogP contribution in [0.3, 0.4) is 0 Å². The molecule has 0 aliphatic carbocycles. The molecule has 0 fully saturated rings. The van der Waals surface area contributed by atoms with Crippen LogP contribution >= 0.6 is 0 Å². The Hall–Kier alpha value is 1.41. The average molecular weight is 435 g/mol. The maximum absolute atomic E-state index is 6.34. The molecular weight excluding hydrogens is 395 g/mol. The second-order valence-corrected chi connectivity index (χ2v) is 20.4. The number of rotatable bonds is 15. The van der Waals surface area contributed by atoms with Crippen LogP contribution in [0.4, 0.5) is 0 Å². The molecule has 152 valence electrons. The van der Waals surface area contributed by atoms with Crippen LogP contribution in [0.2, 0.25) is 39.3 Å². The molecule has 0 amide bonds. The minimum atomic E-state index is -2.13. The van der Waals surface area contributed by atoms with Crippen LogP contribution in [0.5, 0.6) is 0 Å². The van der Waals surface area contributed by atoms with E-state index in [1.165, 1.54) is 4.79 Å². The third-order valence-electron chi connectivity index (χ3n) is 4.06. The van der Waals surface area contributed by atoms with E-state index in [0.717, 1.165) is 0 Å². The third kappa shape index (κ3) is 10.8. The third-order valence-corrected chi connectivity index (χ3v) is 21.3. The van der Waals surface area contributed by atoms with Gasteiger partial charge < -0.3 is 27.5 Å². The van der Waals surface area contributed by atoms with Crippen molar-refractivity contribution in [1.82, 2.24) is 0 Å². The summed E-state index contributed by atoms with van der Waals surface area (Å²) in [5.41, 5.74) is 0. The molecule has 0 unspecified atom stereocenters. The van der Waals surface area contributed by atoms with Crippen molar-refractivity contribution in [2.45, 2.75) is 39.3 Å². The van der Waals surface area contributed by atoms with Crippen LogP contribution in [0.15, 0.2) is 0 Å². The minimum absolute atomic E-state index is 0. The van der Waals surface area contributed by atoms with Crippen molar-refractivity contribution in [3.8, 4) is 0 Å². The molecule has 0 aromatic rings. The van der Waals surface area contributed by atoms with Gasteiger partial charge >= 0.3 is 29.6 Å². The van der Waals surface area contributed by atoms with Crippen LogP contribution in [-0.2, 0) is 27.5 Å². The maximum atomic E-state index is 6.34. The van der Waals surface area contributed by atoms with Gasteiger partial charge in [-0.05, 0) is 0 Å². The summed E-state index contributed by atoms with van der Waals surface area (Å²) in [7, 11) is -1.31. The smallest absolute Gasteiger partial charge is 0.446 e. The number of ether oxygens (including phenoxy) is 3. The number of methoxy groups -OCH3 is 3. The summed E-state index contributed by atoms with van der Waals surface area (Å²) in [5, 5.41) is 0. The molecule has 10 heteroatoms. The molecule has 0 N–H and O–H groups in total. The number of hydrogen-bond acceptors (Lipinski definition) is 6. The Morgan fingerprint density at radius 3 is 0.923 bits per heavy atom. The molecule has 26 heavy (non-hydrogen) atoms. The van der Waals surface area contributed by atoms with E-state index < -0.39 is 25.0 Å². The summed E-state index contributed by atoms with van der Waals surface area (Å²) in [5.74, 6) is 0. The van der Waals surface area contributed by atoms with Crippen LogP contribution in [0.25, 0.3) is 0 Å². The van der Waals surface area contributed by atoms with E-state index in [2.05, 4.69) is 39.3 Å². The van der Waals surface area contributed by atoms with Crippen molar-refractivity contribution in [3.63, 3.8) is 0 Å². The Morgan fingerprint density at radius 1 is 0.500 bits per heavy atom. The Morgan fingerprint density at radius 2 is 0.731 bits per heavy atom. The Balaban J connectivity index is 0. The number of hydrogen-bond donors (Lipinski definition) is 0. The first-order chi connectivity index (χ1) is 11.5. The van der Waals surface area contributed by atoms with E-state index in [4.69, 9.17) is 27.5 Å². The topological polar surface area (TPSA) is 55.4 Å². The second kappa shape index (κ2) is 14.4. The van der Waals surface area contributed by atoms with E-state index in [1.807, 2.05) is 0 Å². The largest absolute Gasteiger partial charge is 1.00 e. The molecule has 0 rings (SSSR count). The van der Waals surface area contributed by atoms with Crippen molar-refractivity contribution in [3.05, 3.63) is 4.79 Å². The molecule has 0 aliphatic rings. The Kier molecular flexibility index (Phi) is 16.4. The van der Waals surface area contributed by atoms with Gasteiger partial charge in [-0.1, -0.05) is 39.3 Å². The standard InChI is InChI=1S/C16H39O6Si3.Na/c1-17-10-13-20-23(4,5)16(24(6,7)21-14-11-18-2)25(8,9)22-15-12-19-3;/h10-15H2,1-9H3;/q-1;+1. The van der Waals surface area contributed by atoms with E-state index in [1.54, 1.807) is 21.3 Å². The second-order valence-electron chi connectivity index (χ2n) is 7.43. The molecule has 0 spiro atoms. The van der Waals surface area contributed by atoms with Gasteiger partial charge in [0.05, 0.1) is 39.6 Å². The maximum Gasteiger partial charge on any atom is 1.00 e. The Labute approximate surface area is 186 Å². The summed E-state index contributed by atoms with van der Waals surface area (Å²) in [6, 6.07) is 0. The predicted molar refractivity (Wildman–Crippen MR) is 109 cm³/mol. The van der Waals surface area contributed by atoms with Crippen molar-refractivity contribution in [1.29, 1.82) is 0 Å². The van der Waals surface area contributed by atoms with E-state index in [-0.39, 0.29) is 29.6 Å². The zero-order valence-corrected chi connectivity index (χ0v) is 23.7. The molecule has 0 aromatic carbocycles. The van der Waals surface area contributed by atoms with Crippen LogP contribution in [0.1, 0.15) is 0 Å². The zero-order chi connectivity index (χ0) is 19.6. The molecule has 0 heterocycles. The van der Waals surface area contributed by atoms with Gasteiger partial charge in [-0.2, -0.15) is 0 Å². The molecule has 0 radical (unpaired) electrons. The van der Waals surface area contributed by atoms with Gasteiger partial charge in [0.2, 0.25) is 0 Å². The van der Waals surface area contributed by atoms with Gasteiger partial charge in [0.1, 0.15) is 0 Å². The van der Waals surface area contributed by atoms with E-state index in [0.29, 0.717) is 39.6 Å². The monoisotopic (exact) mass is 434 g/mol. The predicted octanol–water partition coefficient (Wildman–Crippen LogP) is -0.213. The van der Waals surface area contributed by atoms with Gasteiger partial charge in [0.25, 0.3) is 0 Å². The molecule has 6 nitrogen and oxygen atoms in total. The van der Waals surface area contributed by atoms with Gasteiger partial charge in [-0.15, -0.1) is 0 Å². The molecular formula is C16H39NaO6Si3. The van der Waals surface area contributed by atoms with Crippen molar-refractivity contribution in [2.24, 2.45) is 0 Å². The summed E-state index contributed by atoms with van der Waals surface area (Å²) in [4.78, 5) is 1.44. The normalized spacial score (nSPS) is 13.2. The molecule has 0 aromatic heterocycles. The summed E-state index contributed by atoms with van der Waals surface area (Å²) >= 11 is 0. The zero-order valence-electron chi connectivity index (χ0n) is 18.7. The summed E-state index contributed by atoms with van der Waals surface area (Å²) in [6.45, 7) is 17.1. The fourth-order valence-corrected chi connectivity index (χ4v) is 24.4. The van der Waals surface area contributed by atoms with E-state index >= 15 is 0 Å². The fraction of sp³-hybridized carbons (Fsp3) is 0.938. The van der Waals surface area contributed by atoms with Gasteiger partial charge in [-0.3, -0.25) is 0 Å². The summed E-state index contributed by atoms with van der Waals surface area (Å²) < 4.78 is 34.5. The van der Waals surface area contributed by atoms with Crippen molar-refractivity contribution < 1.29 is 57.0 Å². The molecule has 0 saturated carbocycles. The fourth-order valence-electron chi connectivity index (χ4n) is 3.53. The van der Waals surface area contributed by atoms with Crippen LogP contribution in [0, 0.1) is 4.79 Å². The summed E-state index contributed by atoms with van der Waals surface area (Å²) in [6.07, 6.45) is 0.